The highest BCUT2D eigenvalue weighted by molar-refractivity contribution is 5.33. The van der Waals surface area contributed by atoms with Crippen molar-refractivity contribution in [3.8, 4) is 5.75 Å². The summed E-state index contributed by atoms with van der Waals surface area (Å²) in [5.74, 6) is 1.93. The van der Waals surface area contributed by atoms with Gasteiger partial charge in [0.2, 0.25) is 0 Å². The van der Waals surface area contributed by atoms with Crippen LogP contribution in [0.15, 0.2) is 36.5 Å². The fraction of sp³-hybridized carbons (Fsp3) is 0.500. The van der Waals surface area contributed by atoms with E-state index in [2.05, 4.69) is 47.1 Å². The maximum Gasteiger partial charge on any atom is 0.145 e. The summed E-state index contributed by atoms with van der Waals surface area (Å²) < 4.78 is 5.79. The van der Waals surface area contributed by atoms with Crippen molar-refractivity contribution in [3.63, 3.8) is 0 Å². The number of ether oxygens (including phenoxy) is 1. The Kier molecular flexibility index (Phi) is 6.00. The average Bonchev–Trinajstić information content (AvgIpc) is 3.05. The largest absolute Gasteiger partial charge is 0.494 e. The van der Waals surface area contributed by atoms with Crippen LogP contribution in [0.1, 0.15) is 42.9 Å². The number of likely N-dealkylation sites (tertiary alicyclic amines) is 1. The van der Waals surface area contributed by atoms with Gasteiger partial charge in [-0.05, 0) is 52.5 Å². The van der Waals surface area contributed by atoms with Crippen molar-refractivity contribution in [1.29, 1.82) is 0 Å². The number of hydrogen-bond donors (Lipinski definition) is 0. The lowest BCUT2D eigenvalue weighted by Gasteiger charge is -2.24. The fourth-order valence-electron chi connectivity index (χ4n) is 3.44. The number of hydrogen-bond acceptors (Lipinski definition) is 5. The van der Waals surface area contributed by atoms with Crippen LogP contribution in [0.5, 0.6) is 5.75 Å². The highest BCUT2D eigenvalue weighted by Crippen LogP contribution is 2.33. The molecule has 0 N–H and O–H groups in total. The first-order valence-electron chi connectivity index (χ1n) is 9.08. The molecule has 0 bridgehead atoms. The Balaban J connectivity index is 1.77. The van der Waals surface area contributed by atoms with Crippen molar-refractivity contribution in [2.75, 3.05) is 27.2 Å². The zero-order chi connectivity index (χ0) is 17.6. The molecule has 0 spiro atoms. The van der Waals surface area contributed by atoms with E-state index in [1.807, 2.05) is 25.3 Å². The molecular weight excluding hydrogens is 312 g/mol. The van der Waals surface area contributed by atoms with Crippen molar-refractivity contribution in [2.45, 2.75) is 38.9 Å². The van der Waals surface area contributed by atoms with E-state index in [0.717, 1.165) is 43.3 Å². The number of benzene rings is 1. The Morgan fingerprint density at radius 3 is 2.88 bits per heavy atom. The number of rotatable bonds is 7. The number of aromatic nitrogens is 2. The minimum absolute atomic E-state index is 0.289. The second kappa shape index (κ2) is 8.41. The molecule has 2 heterocycles. The summed E-state index contributed by atoms with van der Waals surface area (Å²) in [7, 11) is 4.13. The third-order valence-corrected chi connectivity index (χ3v) is 4.52. The first-order valence-corrected chi connectivity index (χ1v) is 9.08. The summed E-state index contributed by atoms with van der Waals surface area (Å²) in [5, 5.41) is 0. The topological polar surface area (TPSA) is 41.5 Å². The monoisotopic (exact) mass is 340 g/mol. The molecule has 0 radical (unpaired) electrons. The SMILES string of the molecule is CCOc1ccccc1CN1CCC[C@H]1c1nccc(CN(C)C)n1. The van der Waals surface area contributed by atoms with Gasteiger partial charge < -0.3 is 9.64 Å². The van der Waals surface area contributed by atoms with E-state index in [-0.39, 0.29) is 6.04 Å². The molecule has 1 aliphatic heterocycles. The van der Waals surface area contributed by atoms with E-state index >= 15 is 0 Å². The fourth-order valence-corrected chi connectivity index (χ4v) is 3.44. The van der Waals surface area contributed by atoms with Crippen LogP contribution in [0, 0.1) is 0 Å². The first kappa shape index (κ1) is 17.8. The standard InChI is InChI=1S/C20H28N4O/c1-4-25-19-10-6-5-8-16(19)14-24-13-7-9-18(24)20-21-12-11-17(22-20)15-23(2)3/h5-6,8,10-12,18H,4,7,9,13-15H2,1-3H3/t18-/m0/s1. The van der Waals surface area contributed by atoms with Gasteiger partial charge in [0.05, 0.1) is 18.3 Å². The summed E-state index contributed by atoms with van der Waals surface area (Å²) in [6.07, 6.45) is 4.19. The number of para-hydroxylation sites is 1. The van der Waals surface area contributed by atoms with Crippen LogP contribution in [0.2, 0.25) is 0 Å². The van der Waals surface area contributed by atoms with Gasteiger partial charge in [0.25, 0.3) is 0 Å². The molecule has 1 atom stereocenters. The molecule has 0 unspecified atom stereocenters. The zero-order valence-electron chi connectivity index (χ0n) is 15.5. The van der Waals surface area contributed by atoms with Gasteiger partial charge in [-0.2, -0.15) is 0 Å². The zero-order valence-corrected chi connectivity index (χ0v) is 15.5. The molecule has 2 aromatic rings. The molecule has 5 nitrogen and oxygen atoms in total. The lowest BCUT2D eigenvalue weighted by molar-refractivity contribution is 0.233. The van der Waals surface area contributed by atoms with Gasteiger partial charge in [0.15, 0.2) is 0 Å². The Labute approximate surface area is 150 Å². The maximum absolute atomic E-state index is 5.79. The summed E-state index contributed by atoms with van der Waals surface area (Å²) >= 11 is 0. The molecule has 1 fully saturated rings. The molecule has 1 aliphatic rings. The molecule has 25 heavy (non-hydrogen) atoms. The molecule has 0 amide bonds. The first-order chi connectivity index (χ1) is 12.2. The Hall–Kier alpha value is -1.98. The van der Waals surface area contributed by atoms with Crippen molar-refractivity contribution in [2.24, 2.45) is 0 Å². The molecule has 0 aliphatic carbocycles. The van der Waals surface area contributed by atoms with E-state index < -0.39 is 0 Å². The molecule has 3 rings (SSSR count). The molecule has 134 valence electrons. The van der Waals surface area contributed by atoms with Gasteiger partial charge in [-0.1, -0.05) is 18.2 Å². The Bertz CT molecular complexity index is 689. The normalized spacial score (nSPS) is 18.0. The average molecular weight is 340 g/mol. The van der Waals surface area contributed by atoms with Crippen molar-refractivity contribution in [3.05, 3.63) is 53.6 Å². The van der Waals surface area contributed by atoms with Gasteiger partial charge in [-0.25, -0.2) is 9.97 Å². The third-order valence-electron chi connectivity index (χ3n) is 4.52. The van der Waals surface area contributed by atoms with Crippen LogP contribution in [-0.4, -0.2) is 47.0 Å². The molecule has 1 aromatic carbocycles. The van der Waals surface area contributed by atoms with Crippen LogP contribution in [0.3, 0.4) is 0 Å². The quantitative estimate of drug-likeness (QED) is 0.774. The maximum atomic E-state index is 5.79. The Morgan fingerprint density at radius 1 is 1.24 bits per heavy atom. The summed E-state index contributed by atoms with van der Waals surface area (Å²) in [6.45, 7) is 5.51. The highest BCUT2D eigenvalue weighted by Gasteiger charge is 2.29. The summed E-state index contributed by atoms with van der Waals surface area (Å²) in [6, 6.07) is 10.6. The van der Waals surface area contributed by atoms with Crippen molar-refractivity contribution < 1.29 is 4.74 Å². The second-order valence-electron chi connectivity index (χ2n) is 6.81. The van der Waals surface area contributed by atoms with Crippen molar-refractivity contribution >= 4 is 0 Å². The lowest BCUT2D eigenvalue weighted by Crippen LogP contribution is -2.25. The van der Waals surface area contributed by atoms with E-state index in [4.69, 9.17) is 9.72 Å². The van der Waals surface area contributed by atoms with Crippen LogP contribution < -0.4 is 4.74 Å². The van der Waals surface area contributed by atoms with Gasteiger partial charge in [0.1, 0.15) is 11.6 Å². The molecular formula is C20H28N4O. The van der Waals surface area contributed by atoms with Crippen LogP contribution in [-0.2, 0) is 13.1 Å². The van der Waals surface area contributed by atoms with Gasteiger partial charge in [-0.15, -0.1) is 0 Å². The van der Waals surface area contributed by atoms with Gasteiger partial charge >= 0.3 is 0 Å². The van der Waals surface area contributed by atoms with E-state index in [1.165, 1.54) is 12.0 Å². The molecule has 1 aromatic heterocycles. The molecule has 0 saturated carbocycles. The summed E-state index contributed by atoms with van der Waals surface area (Å²) in [4.78, 5) is 14.0. The van der Waals surface area contributed by atoms with Crippen molar-refractivity contribution in [1.82, 2.24) is 19.8 Å². The van der Waals surface area contributed by atoms with Crippen LogP contribution in [0.4, 0.5) is 0 Å². The minimum atomic E-state index is 0.289. The van der Waals surface area contributed by atoms with Crippen LogP contribution in [0.25, 0.3) is 0 Å². The lowest BCUT2D eigenvalue weighted by atomic mass is 10.1. The summed E-state index contributed by atoms with van der Waals surface area (Å²) in [5.41, 5.74) is 2.32. The highest BCUT2D eigenvalue weighted by atomic mass is 16.5. The van der Waals surface area contributed by atoms with Gasteiger partial charge in [-0.3, -0.25) is 4.90 Å². The predicted molar refractivity (Wildman–Crippen MR) is 99.4 cm³/mol. The van der Waals surface area contributed by atoms with E-state index in [9.17, 15) is 0 Å². The minimum Gasteiger partial charge on any atom is -0.494 e. The van der Waals surface area contributed by atoms with Gasteiger partial charge in [0, 0.05) is 24.8 Å². The smallest absolute Gasteiger partial charge is 0.145 e. The second-order valence-corrected chi connectivity index (χ2v) is 6.81. The van der Waals surface area contributed by atoms with Crippen LogP contribution >= 0.6 is 0 Å². The molecule has 5 heteroatoms. The third kappa shape index (κ3) is 4.55. The van der Waals surface area contributed by atoms with E-state index in [0.29, 0.717) is 6.61 Å². The Morgan fingerprint density at radius 2 is 2.08 bits per heavy atom. The number of nitrogens with zero attached hydrogens (tertiary/aromatic N) is 4. The molecule has 1 saturated heterocycles. The predicted octanol–water partition coefficient (Wildman–Crippen LogP) is 3.27. The van der Waals surface area contributed by atoms with E-state index in [1.54, 1.807) is 0 Å².